The van der Waals surface area contributed by atoms with E-state index in [9.17, 15) is 14.3 Å². The highest BCUT2D eigenvalue weighted by Crippen LogP contribution is 2.28. The number of ether oxygens (including phenoxy) is 1. The summed E-state index contributed by atoms with van der Waals surface area (Å²) in [4.78, 5) is 15.2. The third-order valence-electron chi connectivity index (χ3n) is 3.14. The molecule has 1 atom stereocenters. The van der Waals surface area contributed by atoms with E-state index < -0.39 is 6.10 Å². The highest BCUT2D eigenvalue weighted by molar-refractivity contribution is 7.17. The number of aliphatic hydroxyl groups excluding tert-OH is 1. The number of hydrogen-bond donors (Lipinski definition) is 1. The van der Waals surface area contributed by atoms with Crippen LogP contribution in [-0.4, -0.2) is 49.3 Å². The quantitative estimate of drug-likeness (QED) is 0.889. The first-order valence-corrected chi connectivity index (χ1v) is 7.61. The monoisotopic (exact) mass is 323 g/mol. The fourth-order valence-corrected chi connectivity index (χ4v) is 3.06. The molecular weight excluding hydrogens is 305 g/mol. The standard InChI is InChI=1S/C16H18FNO3S/c1-18(9-13(19)10-21-2)16(20)15-8-7-14(22-15)11-3-5-12(17)6-4-11/h3-8,13,19H,9-10H2,1-2H3. The van der Waals surface area contributed by atoms with Gasteiger partial charge in [-0.15, -0.1) is 11.3 Å². The third kappa shape index (κ3) is 4.13. The van der Waals surface area contributed by atoms with E-state index in [0.717, 1.165) is 10.4 Å². The summed E-state index contributed by atoms with van der Waals surface area (Å²) in [5.74, 6) is -0.447. The van der Waals surface area contributed by atoms with E-state index in [1.54, 1.807) is 25.2 Å². The van der Waals surface area contributed by atoms with Crippen molar-refractivity contribution in [2.75, 3.05) is 27.3 Å². The maximum absolute atomic E-state index is 12.9. The summed E-state index contributed by atoms with van der Waals surface area (Å²) < 4.78 is 17.8. The molecule has 1 amide bonds. The van der Waals surface area contributed by atoms with E-state index in [4.69, 9.17) is 4.74 Å². The fourth-order valence-electron chi connectivity index (χ4n) is 2.05. The molecule has 2 rings (SSSR count). The molecule has 0 fully saturated rings. The molecule has 1 N–H and O–H groups in total. The Morgan fingerprint density at radius 1 is 1.32 bits per heavy atom. The Morgan fingerprint density at radius 3 is 2.64 bits per heavy atom. The molecule has 4 nitrogen and oxygen atoms in total. The minimum atomic E-state index is -0.713. The van der Waals surface area contributed by atoms with Crippen molar-refractivity contribution in [3.63, 3.8) is 0 Å². The average Bonchev–Trinajstić information content (AvgIpc) is 2.97. The van der Waals surface area contributed by atoms with Crippen molar-refractivity contribution in [1.29, 1.82) is 0 Å². The zero-order valence-corrected chi connectivity index (χ0v) is 13.3. The maximum atomic E-state index is 12.9. The molecular formula is C16H18FNO3S. The van der Waals surface area contributed by atoms with Crippen LogP contribution < -0.4 is 0 Å². The van der Waals surface area contributed by atoms with Gasteiger partial charge in [-0.1, -0.05) is 12.1 Å². The Balaban J connectivity index is 2.07. The predicted octanol–water partition coefficient (Wildman–Crippen LogP) is 2.63. The SMILES string of the molecule is COCC(O)CN(C)C(=O)c1ccc(-c2ccc(F)cc2)s1. The lowest BCUT2D eigenvalue weighted by Gasteiger charge is -2.19. The molecule has 22 heavy (non-hydrogen) atoms. The average molecular weight is 323 g/mol. The number of aliphatic hydroxyl groups is 1. The topological polar surface area (TPSA) is 49.8 Å². The second-order valence-electron chi connectivity index (χ2n) is 4.97. The van der Waals surface area contributed by atoms with E-state index in [2.05, 4.69) is 0 Å². The maximum Gasteiger partial charge on any atom is 0.263 e. The van der Waals surface area contributed by atoms with Crippen LogP contribution in [-0.2, 0) is 4.74 Å². The lowest BCUT2D eigenvalue weighted by atomic mass is 10.2. The molecule has 6 heteroatoms. The van der Waals surface area contributed by atoms with Crippen LogP contribution in [0.2, 0.25) is 0 Å². The first-order valence-electron chi connectivity index (χ1n) is 6.79. The molecule has 0 aliphatic carbocycles. The van der Waals surface area contributed by atoms with E-state index >= 15 is 0 Å². The molecule has 1 heterocycles. The van der Waals surface area contributed by atoms with Crippen LogP contribution in [0.25, 0.3) is 10.4 Å². The number of carbonyl (C=O) groups is 1. The Hall–Kier alpha value is -1.76. The highest BCUT2D eigenvalue weighted by atomic mass is 32.1. The Kier molecular flexibility index (Phi) is 5.65. The van der Waals surface area contributed by atoms with Gasteiger partial charge in [-0.05, 0) is 29.8 Å². The van der Waals surface area contributed by atoms with Gasteiger partial charge in [0.1, 0.15) is 5.82 Å². The molecule has 0 saturated heterocycles. The lowest BCUT2D eigenvalue weighted by Crippen LogP contribution is -2.35. The normalized spacial score (nSPS) is 12.2. The van der Waals surface area contributed by atoms with Crippen LogP contribution in [0.15, 0.2) is 36.4 Å². The molecule has 0 radical (unpaired) electrons. The highest BCUT2D eigenvalue weighted by Gasteiger charge is 2.17. The molecule has 0 spiro atoms. The number of benzene rings is 1. The van der Waals surface area contributed by atoms with Crippen molar-refractivity contribution in [1.82, 2.24) is 4.90 Å². The number of methoxy groups -OCH3 is 1. The molecule has 0 bridgehead atoms. The van der Waals surface area contributed by atoms with E-state index in [1.165, 1.54) is 35.5 Å². The van der Waals surface area contributed by atoms with Gasteiger partial charge in [-0.3, -0.25) is 4.79 Å². The van der Waals surface area contributed by atoms with Crippen LogP contribution >= 0.6 is 11.3 Å². The van der Waals surface area contributed by atoms with Gasteiger partial charge >= 0.3 is 0 Å². The van der Waals surface area contributed by atoms with Crippen molar-refractivity contribution < 1.29 is 19.0 Å². The first-order chi connectivity index (χ1) is 10.5. The number of halogens is 1. The van der Waals surface area contributed by atoms with Gasteiger partial charge in [0.05, 0.1) is 17.6 Å². The molecule has 118 valence electrons. The number of carbonyl (C=O) groups excluding carboxylic acids is 1. The van der Waals surface area contributed by atoms with E-state index in [-0.39, 0.29) is 24.9 Å². The van der Waals surface area contributed by atoms with Crippen molar-refractivity contribution in [3.8, 4) is 10.4 Å². The summed E-state index contributed by atoms with van der Waals surface area (Å²) in [6.07, 6.45) is -0.713. The van der Waals surface area contributed by atoms with Gasteiger partial charge in [0.2, 0.25) is 0 Å². The van der Waals surface area contributed by atoms with Gasteiger partial charge in [0, 0.05) is 25.6 Å². The van der Waals surface area contributed by atoms with Gasteiger partial charge in [-0.25, -0.2) is 4.39 Å². The van der Waals surface area contributed by atoms with Crippen LogP contribution in [0.5, 0.6) is 0 Å². The minimum Gasteiger partial charge on any atom is -0.389 e. The predicted molar refractivity (Wildman–Crippen MR) is 84.6 cm³/mol. The smallest absolute Gasteiger partial charge is 0.263 e. The second-order valence-corrected chi connectivity index (χ2v) is 6.05. The summed E-state index contributed by atoms with van der Waals surface area (Å²) >= 11 is 1.34. The number of hydrogen-bond acceptors (Lipinski definition) is 4. The Labute approximate surface area is 132 Å². The van der Waals surface area contributed by atoms with Gasteiger partial charge in [0.15, 0.2) is 0 Å². The lowest BCUT2D eigenvalue weighted by molar-refractivity contribution is 0.0382. The first kappa shape index (κ1) is 16.6. The largest absolute Gasteiger partial charge is 0.389 e. The minimum absolute atomic E-state index is 0.159. The second kappa shape index (κ2) is 7.49. The number of thiophene rings is 1. The van der Waals surface area contributed by atoms with Crippen LogP contribution in [0.4, 0.5) is 4.39 Å². The zero-order chi connectivity index (χ0) is 16.1. The van der Waals surface area contributed by atoms with E-state index in [1.807, 2.05) is 6.07 Å². The Bertz CT molecular complexity index is 627. The summed E-state index contributed by atoms with van der Waals surface area (Å²) in [7, 11) is 3.14. The fraction of sp³-hybridized carbons (Fsp3) is 0.312. The zero-order valence-electron chi connectivity index (χ0n) is 12.5. The number of nitrogens with zero attached hydrogens (tertiary/aromatic N) is 1. The summed E-state index contributed by atoms with van der Waals surface area (Å²) in [6, 6.07) is 9.73. The summed E-state index contributed by atoms with van der Waals surface area (Å²) in [5, 5.41) is 9.67. The van der Waals surface area contributed by atoms with E-state index in [0.29, 0.717) is 4.88 Å². The van der Waals surface area contributed by atoms with Gasteiger partial charge in [-0.2, -0.15) is 0 Å². The van der Waals surface area contributed by atoms with Crippen molar-refractivity contribution in [3.05, 3.63) is 47.1 Å². The third-order valence-corrected chi connectivity index (χ3v) is 4.26. The van der Waals surface area contributed by atoms with Crippen LogP contribution in [0, 0.1) is 5.82 Å². The van der Waals surface area contributed by atoms with Crippen molar-refractivity contribution in [2.24, 2.45) is 0 Å². The van der Waals surface area contributed by atoms with Crippen LogP contribution in [0.3, 0.4) is 0 Å². The van der Waals surface area contributed by atoms with Crippen molar-refractivity contribution in [2.45, 2.75) is 6.10 Å². The summed E-state index contributed by atoms with van der Waals surface area (Å²) in [5.41, 5.74) is 0.868. The van der Waals surface area contributed by atoms with Crippen LogP contribution in [0.1, 0.15) is 9.67 Å². The molecule has 0 aliphatic rings. The molecule has 0 saturated carbocycles. The summed E-state index contributed by atoms with van der Waals surface area (Å²) in [6.45, 7) is 0.388. The van der Waals surface area contributed by atoms with Gasteiger partial charge in [0.25, 0.3) is 5.91 Å². The Morgan fingerprint density at radius 2 is 2.00 bits per heavy atom. The molecule has 1 aromatic carbocycles. The molecule has 1 unspecified atom stereocenters. The molecule has 1 aromatic heterocycles. The van der Waals surface area contributed by atoms with Crippen molar-refractivity contribution >= 4 is 17.2 Å². The number of amides is 1. The molecule has 2 aromatic rings. The number of rotatable bonds is 6. The molecule has 0 aliphatic heterocycles. The number of likely N-dealkylation sites (N-methyl/N-ethyl adjacent to an activating group) is 1. The van der Waals surface area contributed by atoms with Gasteiger partial charge < -0.3 is 14.7 Å².